The Hall–Kier alpha value is -3.07. The van der Waals surface area contributed by atoms with Crippen LogP contribution in [-0.2, 0) is 11.0 Å². The van der Waals surface area contributed by atoms with Gasteiger partial charge in [0.2, 0.25) is 5.91 Å². The normalized spacial score (nSPS) is 14.3. The molecule has 10 heteroatoms. The molecule has 2 aromatic carbocycles. The van der Waals surface area contributed by atoms with Crippen LogP contribution in [0.15, 0.2) is 42.5 Å². The largest absolute Gasteiger partial charge is 0.416 e. The maximum Gasteiger partial charge on any atom is 0.416 e. The molecule has 1 heterocycles. The minimum Gasteiger partial charge on any atom is -0.370 e. The Labute approximate surface area is 175 Å². The van der Waals surface area contributed by atoms with Crippen LogP contribution in [0.2, 0.25) is 5.02 Å². The molecule has 1 saturated heterocycles. The van der Waals surface area contributed by atoms with Crippen molar-refractivity contribution in [1.82, 2.24) is 0 Å². The molecule has 1 aliphatic heterocycles. The number of hydrogen-bond donors (Lipinski definition) is 1. The Morgan fingerprint density at radius 3 is 2.50 bits per heavy atom. The fraction of sp³-hybridized carbons (Fsp3) is 0.250. The number of nitrogens with zero attached hydrogens (tertiary/aromatic N) is 2. The molecule has 1 aliphatic rings. The molecule has 1 N–H and O–H groups in total. The van der Waals surface area contributed by atoms with Gasteiger partial charge in [0.15, 0.2) is 0 Å². The van der Waals surface area contributed by atoms with Crippen LogP contribution in [0, 0.1) is 10.1 Å². The van der Waals surface area contributed by atoms with Gasteiger partial charge in [-0.2, -0.15) is 13.2 Å². The number of halogens is 4. The van der Waals surface area contributed by atoms with Crippen LogP contribution in [0.4, 0.5) is 30.2 Å². The van der Waals surface area contributed by atoms with Crippen LogP contribution in [0.5, 0.6) is 0 Å². The number of alkyl halides is 3. The van der Waals surface area contributed by atoms with Crippen molar-refractivity contribution in [3.63, 3.8) is 0 Å². The van der Waals surface area contributed by atoms with E-state index in [4.69, 9.17) is 11.6 Å². The zero-order valence-electron chi connectivity index (χ0n) is 15.6. The molecule has 0 radical (unpaired) electrons. The number of nitro benzene ring substituents is 1. The van der Waals surface area contributed by atoms with Gasteiger partial charge in [-0.3, -0.25) is 14.9 Å². The predicted molar refractivity (Wildman–Crippen MR) is 109 cm³/mol. The quantitative estimate of drug-likeness (QED) is 0.378. The van der Waals surface area contributed by atoms with Crippen molar-refractivity contribution in [3.8, 4) is 0 Å². The minimum absolute atomic E-state index is 0.0409. The zero-order chi connectivity index (χ0) is 21.9. The summed E-state index contributed by atoms with van der Waals surface area (Å²) in [5, 5.41) is 13.4. The van der Waals surface area contributed by atoms with Crippen LogP contribution in [0.1, 0.15) is 24.0 Å². The van der Waals surface area contributed by atoms with Crippen molar-refractivity contribution in [2.75, 3.05) is 23.3 Å². The molecule has 0 saturated carbocycles. The standard InChI is InChI=1S/C20H17ClF3N3O3/c21-15-6-3-13(11-18(15)27(29)30)4-8-19(28)25-16-12-14(20(22,23)24)5-7-17(16)26-9-1-2-10-26/h3-8,11-12H,1-2,9-10H2,(H,25,28). The van der Waals surface area contributed by atoms with Gasteiger partial charge in [0.25, 0.3) is 5.69 Å². The molecule has 1 fully saturated rings. The molecule has 6 nitrogen and oxygen atoms in total. The lowest BCUT2D eigenvalue weighted by Gasteiger charge is -2.22. The number of hydrogen-bond acceptors (Lipinski definition) is 4. The van der Waals surface area contributed by atoms with Gasteiger partial charge in [0.1, 0.15) is 5.02 Å². The molecular weight excluding hydrogens is 423 g/mol. The maximum atomic E-state index is 13.1. The van der Waals surface area contributed by atoms with Gasteiger partial charge in [-0.1, -0.05) is 17.7 Å². The van der Waals surface area contributed by atoms with Crippen molar-refractivity contribution in [1.29, 1.82) is 0 Å². The van der Waals surface area contributed by atoms with E-state index in [1.54, 1.807) is 0 Å². The molecular formula is C20H17ClF3N3O3. The van der Waals surface area contributed by atoms with Crippen molar-refractivity contribution < 1.29 is 22.9 Å². The van der Waals surface area contributed by atoms with E-state index in [1.165, 1.54) is 30.3 Å². The van der Waals surface area contributed by atoms with Crippen LogP contribution in [0.25, 0.3) is 6.08 Å². The second-order valence-corrected chi connectivity index (χ2v) is 7.12. The number of carbonyl (C=O) groups excluding carboxylic acids is 1. The van der Waals surface area contributed by atoms with E-state index in [2.05, 4.69) is 5.32 Å². The lowest BCUT2D eigenvalue weighted by Crippen LogP contribution is -2.21. The van der Waals surface area contributed by atoms with Gasteiger partial charge >= 0.3 is 6.18 Å². The summed E-state index contributed by atoms with van der Waals surface area (Å²) in [6.07, 6.45) is -0.281. The summed E-state index contributed by atoms with van der Waals surface area (Å²) in [7, 11) is 0. The SMILES string of the molecule is O=C(C=Cc1ccc(Cl)c([N+](=O)[O-])c1)Nc1cc(C(F)(F)F)ccc1N1CCCC1. The van der Waals surface area contributed by atoms with Crippen LogP contribution in [-0.4, -0.2) is 23.9 Å². The topological polar surface area (TPSA) is 75.5 Å². The summed E-state index contributed by atoms with van der Waals surface area (Å²) in [4.78, 5) is 24.6. The Kier molecular flexibility index (Phi) is 6.31. The highest BCUT2D eigenvalue weighted by Crippen LogP contribution is 2.36. The van der Waals surface area contributed by atoms with Gasteiger partial charge in [0, 0.05) is 25.2 Å². The van der Waals surface area contributed by atoms with Gasteiger partial charge in [0.05, 0.1) is 21.9 Å². The Morgan fingerprint density at radius 2 is 1.87 bits per heavy atom. The lowest BCUT2D eigenvalue weighted by molar-refractivity contribution is -0.384. The van der Waals surface area contributed by atoms with Crippen molar-refractivity contribution in [2.45, 2.75) is 19.0 Å². The molecule has 30 heavy (non-hydrogen) atoms. The van der Waals surface area contributed by atoms with Crippen molar-refractivity contribution in [2.24, 2.45) is 0 Å². The summed E-state index contributed by atoms with van der Waals surface area (Å²) < 4.78 is 39.3. The first-order valence-corrected chi connectivity index (χ1v) is 9.42. The highest BCUT2D eigenvalue weighted by atomic mass is 35.5. The van der Waals surface area contributed by atoms with E-state index in [0.717, 1.165) is 31.1 Å². The molecule has 1 amide bonds. The smallest absolute Gasteiger partial charge is 0.370 e. The van der Waals surface area contributed by atoms with E-state index >= 15 is 0 Å². The number of rotatable bonds is 5. The lowest BCUT2D eigenvalue weighted by atomic mass is 10.1. The fourth-order valence-corrected chi connectivity index (χ4v) is 3.35. The molecule has 0 atom stereocenters. The zero-order valence-corrected chi connectivity index (χ0v) is 16.3. The number of amides is 1. The fourth-order valence-electron chi connectivity index (χ4n) is 3.17. The van der Waals surface area contributed by atoms with E-state index in [9.17, 15) is 28.1 Å². The third-order valence-corrected chi connectivity index (χ3v) is 4.94. The number of nitrogens with one attached hydrogen (secondary N) is 1. The molecule has 2 aromatic rings. The number of carbonyl (C=O) groups is 1. The van der Waals surface area contributed by atoms with Gasteiger partial charge < -0.3 is 10.2 Å². The summed E-state index contributed by atoms with van der Waals surface area (Å²) >= 11 is 5.75. The van der Waals surface area contributed by atoms with E-state index < -0.39 is 22.6 Å². The summed E-state index contributed by atoms with van der Waals surface area (Å²) in [6, 6.07) is 7.27. The predicted octanol–water partition coefficient (Wildman–Crippen LogP) is 5.52. The maximum absolute atomic E-state index is 13.1. The van der Waals surface area contributed by atoms with Gasteiger partial charge in [-0.15, -0.1) is 0 Å². The number of nitro groups is 1. The molecule has 0 spiro atoms. The van der Waals surface area contributed by atoms with Crippen molar-refractivity contribution >= 4 is 40.6 Å². The average molecular weight is 440 g/mol. The molecule has 158 valence electrons. The van der Waals surface area contributed by atoms with E-state index in [0.29, 0.717) is 24.3 Å². The van der Waals surface area contributed by atoms with Crippen molar-refractivity contribution in [3.05, 3.63) is 68.7 Å². The highest BCUT2D eigenvalue weighted by molar-refractivity contribution is 6.32. The van der Waals surface area contributed by atoms with Gasteiger partial charge in [-0.25, -0.2) is 0 Å². The summed E-state index contributed by atoms with van der Waals surface area (Å²) in [6.45, 7) is 1.39. The van der Waals surface area contributed by atoms with E-state index in [1.807, 2.05) is 4.90 Å². The minimum atomic E-state index is -4.54. The molecule has 0 aliphatic carbocycles. The number of anilines is 2. The van der Waals surface area contributed by atoms with E-state index in [-0.39, 0.29) is 16.4 Å². The average Bonchev–Trinajstić information content (AvgIpc) is 3.21. The Bertz CT molecular complexity index is 1000. The molecule has 0 bridgehead atoms. The molecule has 3 rings (SSSR count). The van der Waals surface area contributed by atoms with Gasteiger partial charge in [-0.05, 0) is 48.7 Å². The Balaban J connectivity index is 1.83. The number of benzene rings is 2. The Morgan fingerprint density at radius 1 is 1.17 bits per heavy atom. The monoisotopic (exact) mass is 439 g/mol. The molecule has 0 aromatic heterocycles. The third kappa shape index (κ3) is 5.10. The van der Waals surface area contributed by atoms with Crippen LogP contribution in [0.3, 0.4) is 0 Å². The second-order valence-electron chi connectivity index (χ2n) is 6.71. The first-order chi connectivity index (χ1) is 14.1. The van der Waals surface area contributed by atoms with Crippen LogP contribution >= 0.6 is 11.6 Å². The first-order valence-electron chi connectivity index (χ1n) is 9.04. The first kappa shape index (κ1) is 21.6. The summed E-state index contributed by atoms with van der Waals surface area (Å²) in [5.41, 5.74) is -0.246. The summed E-state index contributed by atoms with van der Waals surface area (Å²) in [5.74, 6) is -0.660. The third-order valence-electron chi connectivity index (χ3n) is 4.62. The highest BCUT2D eigenvalue weighted by Gasteiger charge is 2.32. The molecule has 0 unspecified atom stereocenters. The second kappa shape index (κ2) is 8.74. The van der Waals surface area contributed by atoms with Crippen LogP contribution < -0.4 is 10.2 Å².